The second-order valence-corrected chi connectivity index (χ2v) is 22.8. The van der Waals surface area contributed by atoms with Gasteiger partial charge in [-0.25, -0.2) is 0 Å². The number of aliphatic hydroxyl groups is 14. The van der Waals surface area contributed by atoms with Gasteiger partial charge >= 0.3 is 0 Å². The topological polar surface area (TPSA) is 622 Å². The van der Waals surface area contributed by atoms with Crippen molar-refractivity contribution < 1.29 is 124 Å². The number of nitrogens with one attached hydrogen (secondary N) is 7. The molecule has 6 aliphatic heterocycles. The summed E-state index contributed by atoms with van der Waals surface area (Å²) < 4.78 is 28.3. The molecule has 6 amide bonds. The summed E-state index contributed by atoms with van der Waals surface area (Å²) in [7, 11) is 0. The maximum atomic E-state index is 15.2. The van der Waals surface area contributed by atoms with Crippen LogP contribution in [0.1, 0.15) is 24.0 Å². The van der Waals surface area contributed by atoms with Gasteiger partial charge in [0.15, 0.2) is 24.4 Å². The highest BCUT2D eigenvalue weighted by atomic mass is 16.7. The largest absolute Gasteiger partial charge is 0.460 e. The number of rotatable bonds is 17. The number of hydrogen-bond acceptors (Lipinski definition) is 32. The van der Waals surface area contributed by atoms with Gasteiger partial charge in [-0.3, -0.25) is 38.8 Å². The lowest BCUT2D eigenvalue weighted by Gasteiger charge is -2.46. The summed E-state index contributed by atoms with van der Waals surface area (Å²) in [5.41, 5.74) is 18.9. The lowest BCUT2D eigenvalue weighted by molar-refractivity contribution is -0.352. The monoisotopic (exact) mass is 1310 g/mol. The van der Waals surface area contributed by atoms with E-state index in [0.29, 0.717) is 5.56 Å². The SMILES string of the molecule is CC(c1ccccc1)[C@@H]1NC(=O)CNC(=O)[C@H](CO)NC(=O)[C@@H](C(O)C2CN=C(N)N2[C@H]2O[C@H](CO)[C@@H](O)[C@H](O)[C@@H]2O)NC(=O)[C@H](C(O)C2CN=C(N)N2)NC(=O)[C@@H](Cc2ccc(O[C@H]3O[C@H](CO)[C@@H](O[C@H]4O[C@H](CO)[C@@H](O)[C@H](O)[C@@H]4O)[C@H](O)[C@@H]3O)c(N)c2)NC1=O. The second-order valence-electron chi connectivity index (χ2n) is 22.8. The summed E-state index contributed by atoms with van der Waals surface area (Å²) in [6.07, 6.45) is -32.2. The van der Waals surface area contributed by atoms with E-state index in [0.717, 1.165) is 4.90 Å². The number of amides is 6. The van der Waals surface area contributed by atoms with Gasteiger partial charge in [0.05, 0.1) is 63.8 Å². The first kappa shape index (κ1) is 70.5. The molecule has 4 fully saturated rings. The highest BCUT2D eigenvalue weighted by Gasteiger charge is 2.54. The summed E-state index contributed by atoms with van der Waals surface area (Å²) in [4.78, 5) is 96.2. The smallest absolute Gasteiger partial charge is 0.246 e. The molecule has 5 unspecified atom stereocenters. The van der Waals surface area contributed by atoms with Crippen LogP contribution in [0.4, 0.5) is 5.69 Å². The van der Waals surface area contributed by atoms with Crippen LogP contribution in [0.25, 0.3) is 0 Å². The molecule has 6 heterocycles. The molecule has 0 aromatic heterocycles. The molecular weight excluding hydrogens is 1230 g/mol. The van der Waals surface area contributed by atoms with Crippen LogP contribution in [-0.4, -0.2) is 316 Å². The molecule has 2 aromatic carbocycles. The van der Waals surface area contributed by atoms with Crippen LogP contribution in [-0.2, 0) is 54.1 Å². The molecule has 38 heteroatoms. The predicted molar refractivity (Wildman–Crippen MR) is 308 cm³/mol. The molecule has 0 bridgehead atoms. The lowest BCUT2D eigenvalue weighted by atomic mass is 9.92. The van der Waals surface area contributed by atoms with Crippen LogP contribution in [0, 0.1) is 0 Å². The predicted octanol–water partition coefficient (Wildman–Crippen LogP) is -14.0. The van der Waals surface area contributed by atoms with Crippen molar-refractivity contribution in [3.8, 4) is 5.75 Å². The minimum atomic E-state index is -2.36. The van der Waals surface area contributed by atoms with E-state index in [4.69, 9.17) is 40.9 Å². The molecule has 6 aliphatic rings. The second kappa shape index (κ2) is 30.6. The third-order valence-electron chi connectivity index (χ3n) is 16.7. The fourth-order valence-electron chi connectivity index (χ4n) is 11.3. The Morgan fingerprint density at radius 3 is 1.80 bits per heavy atom. The van der Waals surface area contributed by atoms with Gasteiger partial charge in [0.1, 0.15) is 121 Å². The van der Waals surface area contributed by atoms with Crippen LogP contribution >= 0.6 is 0 Å². The zero-order valence-corrected chi connectivity index (χ0v) is 49.0. The molecule has 4 saturated heterocycles. The number of aliphatic hydroxyl groups excluding tert-OH is 14. The highest BCUT2D eigenvalue weighted by molar-refractivity contribution is 5.98. The minimum Gasteiger partial charge on any atom is -0.460 e. The molecule has 510 valence electrons. The Bertz CT molecular complexity index is 2980. The number of aliphatic imine (C=N–C) groups is 2. The van der Waals surface area contributed by atoms with Gasteiger partial charge < -0.3 is 154 Å². The molecule has 0 radical (unpaired) electrons. The zero-order valence-electron chi connectivity index (χ0n) is 49.0. The highest BCUT2D eigenvalue weighted by Crippen LogP contribution is 2.34. The summed E-state index contributed by atoms with van der Waals surface area (Å²) >= 11 is 0. The van der Waals surface area contributed by atoms with Gasteiger partial charge in [0, 0.05) is 12.3 Å². The molecule has 0 spiro atoms. The van der Waals surface area contributed by atoms with Crippen molar-refractivity contribution >= 4 is 53.0 Å². The number of ether oxygens (including phenoxy) is 5. The number of carbonyl (C=O) groups excluding carboxylic acids is 6. The molecule has 8 rings (SSSR count). The quantitative estimate of drug-likeness (QED) is 0.0654. The number of nitrogens with zero attached hydrogens (tertiary/aromatic N) is 3. The van der Waals surface area contributed by atoms with E-state index in [2.05, 4.69) is 47.2 Å². The standard InChI is InChI=1S/C54H79N13O25/c1-18(20-5-3-2-4-6-20)31-47(85)61-22(10-19-7-8-26(21(55)9-19)89-51-43(82)40(79)44(29(17-71)91-51)92-52-42(81)39(78)37(76)28(16-70)90-52)46(84)65-32(34(73)23-11-59-53(56)63-23)49(87)66-33(48(86)62-24(14-68)45(83)58-13-30(72)64-31)35(74)25-12-60-54(57)67(25)50-41(80)38(77)36(75)27(15-69)88-50/h2-9,18,22-25,27-29,31-44,50-52,68-71,73-82H,10-17,55H2,1H3,(H2,57,60)(H,58,83)(H,61,85)(H,62,86)(H,64,72)(H,65,84)(H,66,87)(H3,56,59,63)/t18?,22-,23?,24+,25?,27-,28-,29-,31+,32+,33-,34?,35?,36-,37-,38+,39+,40-,41+,42+,43+,44-,50+,51+,52-/m1/s1. The normalized spacial score (nSPS) is 37.3. The van der Waals surface area contributed by atoms with Gasteiger partial charge in [0.25, 0.3) is 0 Å². The molecule has 25 atom stereocenters. The summed E-state index contributed by atoms with van der Waals surface area (Å²) in [5.74, 6) is -9.35. The first-order chi connectivity index (χ1) is 43.7. The summed E-state index contributed by atoms with van der Waals surface area (Å²) in [5, 5.41) is 168. The van der Waals surface area contributed by atoms with Crippen LogP contribution in [0.5, 0.6) is 5.75 Å². The number of anilines is 1. The minimum absolute atomic E-state index is 0.101. The van der Waals surface area contributed by atoms with Crippen molar-refractivity contribution in [1.82, 2.24) is 42.1 Å². The van der Waals surface area contributed by atoms with E-state index in [9.17, 15) is 90.7 Å². The number of hydrogen-bond donors (Lipinski definition) is 24. The Hall–Kier alpha value is -7.32. The van der Waals surface area contributed by atoms with Crippen molar-refractivity contribution in [3.63, 3.8) is 0 Å². The van der Waals surface area contributed by atoms with Gasteiger partial charge in [-0.15, -0.1) is 0 Å². The number of carbonyl (C=O) groups is 6. The summed E-state index contributed by atoms with van der Waals surface area (Å²) in [6, 6.07) is -1.00. The molecule has 2 aromatic rings. The van der Waals surface area contributed by atoms with Crippen molar-refractivity contribution in [2.24, 2.45) is 21.5 Å². The van der Waals surface area contributed by atoms with Gasteiger partial charge in [-0.2, -0.15) is 0 Å². The van der Waals surface area contributed by atoms with E-state index in [1.54, 1.807) is 37.3 Å². The van der Waals surface area contributed by atoms with E-state index in [-0.39, 0.29) is 29.5 Å². The molecule has 27 N–H and O–H groups in total. The van der Waals surface area contributed by atoms with E-state index in [1.165, 1.54) is 18.2 Å². The van der Waals surface area contributed by atoms with Gasteiger partial charge in [-0.05, 0) is 23.3 Å². The third-order valence-corrected chi connectivity index (χ3v) is 16.7. The maximum Gasteiger partial charge on any atom is 0.246 e. The van der Waals surface area contributed by atoms with Crippen LogP contribution in [0.3, 0.4) is 0 Å². The molecule has 0 aliphatic carbocycles. The average Bonchev–Trinajstić information content (AvgIpc) is 1.43. The van der Waals surface area contributed by atoms with Gasteiger partial charge in [-0.1, -0.05) is 43.3 Å². The summed E-state index contributed by atoms with van der Waals surface area (Å²) in [6.45, 7) is -4.08. The number of nitrogen functional groups attached to an aromatic ring is 1. The fraction of sp³-hybridized carbons (Fsp3) is 0.630. The molecule has 38 nitrogen and oxygen atoms in total. The van der Waals surface area contributed by atoms with Crippen molar-refractivity contribution in [2.75, 3.05) is 51.8 Å². The fourth-order valence-corrected chi connectivity index (χ4v) is 11.3. The number of benzene rings is 2. The van der Waals surface area contributed by atoms with E-state index >= 15 is 9.59 Å². The van der Waals surface area contributed by atoms with Crippen molar-refractivity contribution in [2.45, 2.75) is 166 Å². The van der Waals surface area contributed by atoms with Crippen molar-refractivity contribution in [1.29, 1.82) is 0 Å². The zero-order chi connectivity index (χ0) is 67.2. The van der Waals surface area contributed by atoms with Crippen LogP contribution in [0.15, 0.2) is 58.5 Å². The number of guanidine groups is 2. The average molecular weight is 1310 g/mol. The van der Waals surface area contributed by atoms with Crippen LogP contribution < -0.4 is 59.2 Å². The molecule has 92 heavy (non-hydrogen) atoms. The Kier molecular flexibility index (Phi) is 23.5. The third kappa shape index (κ3) is 15.5. The maximum absolute atomic E-state index is 15.2. The Labute approximate surface area is 522 Å². The first-order valence-corrected chi connectivity index (χ1v) is 29.1. The Morgan fingerprint density at radius 1 is 0.587 bits per heavy atom. The van der Waals surface area contributed by atoms with Crippen molar-refractivity contribution in [3.05, 3.63) is 59.7 Å². The Morgan fingerprint density at radius 2 is 1.17 bits per heavy atom. The molecular formula is C54H79N13O25. The van der Waals surface area contributed by atoms with E-state index in [1.807, 2.05) is 0 Å². The lowest BCUT2D eigenvalue weighted by Crippen LogP contribution is -2.70. The molecule has 0 saturated carbocycles. The number of nitrogens with two attached hydrogens (primary N) is 3. The van der Waals surface area contributed by atoms with Gasteiger partial charge in [0.2, 0.25) is 41.7 Å². The first-order valence-electron chi connectivity index (χ1n) is 29.1. The van der Waals surface area contributed by atoms with Crippen LogP contribution in [0.2, 0.25) is 0 Å². The van der Waals surface area contributed by atoms with E-state index < -0.39 is 240 Å². The Balaban J connectivity index is 1.12.